The Bertz CT molecular complexity index is 911. The monoisotopic (exact) mass is 370 g/mol. The van der Waals surface area contributed by atoms with Gasteiger partial charge in [0.25, 0.3) is 17.7 Å². The third-order valence-corrected chi connectivity index (χ3v) is 3.96. The number of nitrogens with two attached hydrogens (primary N) is 1. The van der Waals surface area contributed by atoms with E-state index in [1.807, 2.05) is 0 Å². The van der Waals surface area contributed by atoms with Crippen molar-refractivity contribution in [3.8, 4) is 0 Å². The second-order valence-corrected chi connectivity index (χ2v) is 5.88. The largest absolute Gasteiger partial charge is 0.436 e. The summed E-state index contributed by atoms with van der Waals surface area (Å²) in [5.74, 6) is -1.48. The van der Waals surface area contributed by atoms with Crippen LogP contribution in [0.1, 0.15) is 23.2 Å². The fraction of sp³-hybridized carbons (Fsp3) is 0.222. The van der Waals surface area contributed by atoms with E-state index < -0.39 is 17.9 Å². The van der Waals surface area contributed by atoms with Crippen molar-refractivity contribution >= 4 is 40.3 Å². The molecule has 1 aliphatic heterocycles. The minimum Gasteiger partial charge on any atom is -0.351 e. The molecule has 1 heterocycles. The van der Waals surface area contributed by atoms with Crippen molar-refractivity contribution in [3.05, 3.63) is 42.0 Å². The maximum absolute atomic E-state index is 12.4. The van der Waals surface area contributed by atoms with Gasteiger partial charge in [0, 0.05) is 37.2 Å². The highest BCUT2D eigenvalue weighted by Crippen LogP contribution is 2.24. The standard InChI is InChI=1S/C18H18N4O5/c19-7-8-20-17(25)14-10-12(9-11-3-1-2-4-13(11)14)21-18(26)27-22-15(23)5-6-16(22)24/h1-4,9-10H,5-8,19H2,(H,20,25)(H,21,26). The summed E-state index contributed by atoms with van der Waals surface area (Å²) in [5, 5.41) is 7.01. The van der Waals surface area contributed by atoms with Crippen LogP contribution >= 0.6 is 0 Å². The summed E-state index contributed by atoms with van der Waals surface area (Å²) in [6.45, 7) is 0.609. The number of carbonyl (C=O) groups excluding carboxylic acids is 4. The molecule has 9 heteroatoms. The Balaban J connectivity index is 1.84. The molecule has 0 saturated carbocycles. The minimum atomic E-state index is -0.998. The first-order valence-corrected chi connectivity index (χ1v) is 8.35. The molecule has 9 nitrogen and oxygen atoms in total. The number of imide groups is 1. The highest BCUT2D eigenvalue weighted by molar-refractivity contribution is 6.09. The highest BCUT2D eigenvalue weighted by atomic mass is 16.7. The molecule has 0 unspecified atom stereocenters. The normalized spacial score (nSPS) is 13.7. The predicted octanol–water partition coefficient (Wildman–Crippen LogP) is 1.14. The number of hydroxylamine groups is 2. The zero-order chi connectivity index (χ0) is 19.4. The summed E-state index contributed by atoms with van der Waals surface area (Å²) >= 11 is 0. The molecule has 0 bridgehead atoms. The molecule has 0 spiro atoms. The van der Waals surface area contributed by atoms with Crippen LogP contribution in [0.2, 0.25) is 0 Å². The second kappa shape index (κ2) is 7.83. The fourth-order valence-electron chi connectivity index (χ4n) is 2.73. The summed E-state index contributed by atoms with van der Waals surface area (Å²) in [6, 6.07) is 10.3. The first-order valence-electron chi connectivity index (χ1n) is 8.35. The third-order valence-electron chi connectivity index (χ3n) is 3.96. The molecule has 0 aromatic heterocycles. The van der Waals surface area contributed by atoms with Crippen molar-refractivity contribution in [2.24, 2.45) is 5.73 Å². The van der Waals surface area contributed by atoms with E-state index in [0.717, 1.165) is 5.39 Å². The number of anilines is 1. The van der Waals surface area contributed by atoms with Gasteiger partial charge in [-0.3, -0.25) is 19.7 Å². The molecule has 4 N–H and O–H groups in total. The predicted molar refractivity (Wildman–Crippen MR) is 96.5 cm³/mol. The van der Waals surface area contributed by atoms with Gasteiger partial charge in [0.15, 0.2) is 0 Å². The maximum atomic E-state index is 12.4. The highest BCUT2D eigenvalue weighted by Gasteiger charge is 2.33. The van der Waals surface area contributed by atoms with Gasteiger partial charge >= 0.3 is 6.09 Å². The van der Waals surface area contributed by atoms with Gasteiger partial charge in [0.1, 0.15) is 0 Å². The van der Waals surface area contributed by atoms with E-state index in [-0.39, 0.29) is 24.4 Å². The van der Waals surface area contributed by atoms with E-state index in [4.69, 9.17) is 10.6 Å². The molecule has 2 aromatic rings. The molecule has 0 atom stereocenters. The lowest BCUT2D eigenvalue weighted by Crippen LogP contribution is -2.34. The first-order chi connectivity index (χ1) is 13.0. The van der Waals surface area contributed by atoms with Crippen LogP contribution in [0.25, 0.3) is 10.8 Å². The van der Waals surface area contributed by atoms with E-state index in [2.05, 4.69) is 10.6 Å². The molecule has 1 aliphatic rings. The molecule has 140 valence electrons. The number of rotatable bonds is 5. The summed E-state index contributed by atoms with van der Waals surface area (Å²) in [7, 11) is 0. The van der Waals surface area contributed by atoms with Gasteiger partial charge in [-0.2, -0.15) is 0 Å². The average molecular weight is 370 g/mol. The number of carbonyl (C=O) groups is 4. The first kappa shape index (κ1) is 18.3. The van der Waals surface area contributed by atoms with E-state index >= 15 is 0 Å². The van der Waals surface area contributed by atoms with Crippen LogP contribution in [0.4, 0.5) is 10.5 Å². The van der Waals surface area contributed by atoms with Crippen molar-refractivity contribution in [1.82, 2.24) is 10.4 Å². The van der Waals surface area contributed by atoms with Crippen molar-refractivity contribution in [2.45, 2.75) is 12.8 Å². The lowest BCUT2D eigenvalue weighted by Gasteiger charge is -2.14. The van der Waals surface area contributed by atoms with Gasteiger partial charge in [-0.1, -0.05) is 24.3 Å². The van der Waals surface area contributed by atoms with Crippen molar-refractivity contribution in [2.75, 3.05) is 18.4 Å². The van der Waals surface area contributed by atoms with Crippen LogP contribution in [-0.2, 0) is 14.4 Å². The number of benzene rings is 2. The van der Waals surface area contributed by atoms with Crippen LogP contribution in [0.5, 0.6) is 0 Å². The van der Waals surface area contributed by atoms with Crippen LogP contribution in [-0.4, -0.2) is 42.0 Å². The van der Waals surface area contributed by atoms with Crippen LogP contribution < -0.4 is 16.4 Å². The topological polar surface area (TPSA) is 131 Å². The number of hydrogen-bond acceptors (Lipinski definition) is 6. The minimum absolute atomic E-state index is 0.00749. The molecule has 2 aromatic carbocycles. The molecule has 27 heavy (non-hydrogen) atoms. The van der Waals surface area contributed by atoms with Gasteiger partial charge < -0.3 is 15.9 Å². The maximum Gasteiger partial charge on any atom is 0.436 e. The van der Waals surface area contributed by atoms with Gasteiger partial charge in [-0.05, 0) is 22.9 Å². The Hall–Kier alpha value is -3.46. The smallest absolute Gasteiger partial charge is 0.351 e. The van der Waals surface area contributed by atoms with E-state index in [1.165, 1.54) is 6.07 Å². The number of nitrogens with one attached hydrogen (secondary N) is 2. The summed E-state index contributed by atoms with van der Waals surface area (Å²) in [4.78, 5) is 52.3. The summed E-state index contributed by atoms with van der Waals surface area (Å²) < 4.78 is 0. The van der Waals surface area contributed by atoms with E-state index in [1.54, 1.807) is 30.3 Å². The number of fused-ring (bicyclic) bond motifs is 1. The van der Waals surface area contributed by atoms with Gasteiger partial charge in [-0.15, -0.1) is 5.06 Å². The Morgan fingerprint density at radius 2 is 1.81 bits per heavy atom. The zero-order valence-electron chi connectivity index (χ0n) is 14.4. The molecular formula is C18H18N4O5. The van der Waals surface area contributed by atoms with Gasteiger partial charge in [0.05, 0.1) is 0 Å². The lowest BCUT2D eigenvalue weighted by molar-refractivity contribution is -0.170. The molecule has 1 fully saturated rings. The average Bonchev–Trinajstić information content (AvgIpc) is 2.97. The lowest BCUT2D eigenvalue weighted by atomic mass is 10.0. The zero-order valence-corrected chi connectivity index (χ0v) is 14.4. The van der Waals surface area contributed by atoms with E-state index in [0.29, 0.717) is 29.1 Å². The van der Waals surface area contributed by atoms with Gasteiger partial charge in [0.2, 0.25) is 0 Å². The number of nitrogens with zero attached hydrogens (tertiary/aromatic N) is 1. The third kappa shape index (κ3) is 4.04. The van der Waals surface area contributed by atoms with Crippen LogP contribution in [0, 0.1) is 0 Å². The molecule has 4 amide bonds. The Morgan fingerprint density at radius 3 is 2.52 bits per heavy atom. The van der Waals surface area contributed by atoms with Crippen molar-refractivity contribution in [3.63, 3.8) is 0 Å². The van der Waals surface area contributed by atoms with Crippen molar-refractivity contribution < 1.29 is 24.0 Å². The summed E-state index contributed by atoms with van der Waals surface area (Å²) in [5.41, 5.74) is 6.06. The van der Waals surface area contributed by atoms with Gasteiger partial charge in [-0.25, -0.2) is 4.79 Å². The second-order valence-electron chi connectivity index (χ2n) is 5.88. The molecule has 3 rings (SSSR count). The quantitative estimate of drug-likeness (QED) is 0.677. The van der Waals surface area contributed by atoms with Crippen molar-refractivity contribution in [1.29, 1.82) is 0 Å². The molecule has 1 saturated heterocycles. The fourth-order valence-corrected chi connectivity index (χ4v) is 2.73. The van der Waals surface area contributed by atoms with E-state index in [9.17, 15) is 19.2 Å². The SMILES string of the molecule is NCCNC(=O)c1cc(NC(=O)ON2C(=O)CCC2=O)cc2ccccc12. The Labute approximate surface area is 154 Å². The molecule has 0 aliphatic carbocycles. The number of amides is 4. The Morgan fingerprint density at radius 1 is 1.11 bits per heavy atom. The van der Waals surface area contributed by atoms with Crippen LogP contribution in [0.3, 0.4) is 0 Å². The number of hydrogen-bond donors (Lipinski definition) is 3. The molecule has 0 radical (unpaired) electrons. The Kier molecular flexibility index (Phi) is 5.32. The molecular weight excluding hydrogens is 352 g/mol. The summed E-state index contributed by atoms with van der Waals surface area (Å²) in [6.07, 6.45) is -0.983. The van der Waals surface area contributed by atoms with Crippen LogP contribution in [0.15, 0.2) is 36.4 Å².